The predicted molar refractivity (Wildman–Crippen MR) is 140 cm³/mol. The van der Waals surface area contributed by atoms with Crippen molar-refractivity contribution in [3.05, 3.63) is 30.3 Å². The van der Waals surface area contributed by atoms with Gasteiger partial charge in [0, 0.05) is 48.0 Å². The van der Waals surface area contributed by atoms with E-state index in [0.29, 0.717) is 12.5 Å². The topological polar surface area (TPSA) is 91.6 Å². The number of carbonyl (C=O) groups excluding carboxylic acids is 1. The van der Waals surface area contributed by atoms with Crippen molar-refractivity contribution >= 4 is 28.5 Å². The first-order valence-corrected chi connectivity index (χ1v) is 14.0. The van der Waals surface area contributed by atoms with Crippen molar-refractivity contribution < 1.29 is 19.0 Å². The summed E-state index contributed by atoms with van der Waals surface area (Å²) in [7, 11) is 0. The summed E-state index contributed by atoms with van der Waals surface area (Å²) in [6.45, 7) is 11.1. The van der Waals surface area contributed by atoms with E-state index >= 15 is 0 Å². The molecule has 1 amide bonds. The number of ether oxygens (including phenoxy) is 3. The fourth-order valence-electron chi connectivity index (χ4n) is 6.35. The summed E-state index contributed by atoms with van der Waals surface area (Å²) in [5.74, 6) is -0.0993. The molecule has 9 nitrogen and oxygen atoms in total. The van der Waals surface area contributed by atoms with Crippen molar-refractivity contribution in [2.45, 2.75) is 83.5 Å². The Bertz CT molecular complexity index is 1280. The molecule has 37 heavy (non-hydrogen) atoms. The first-order valence-electron chi connectivity index (χ1n) is 13.1. The number of aromatic nitrogens is 4. The number of hydrogen-bond acceptors (Lipinski definition) is 8. The van der Waals surface area contributed by atoms with Gasteiger partial charge in [0.2, 0.25) is 0 Å². The lowest BCUT2D eigenvalue weighted by Gasteiger charge is -2.38. The van der Waals surface area contributed by atoms with Crippen molar-refractivity contribution in [3.8, 4) is 10.6 Å². The van der Waals surface area contributed by atoms with Crippen molar-refractivity contribution in [1.82, 2.24) is 24.4 Å². The molecule has 0 radical (unpaired) electrons. The molecule has 3 aliphatic rings. The molecule has 0 N–H and O–H groups in total. The van der Waals surface area contributed by atoms with E-state index in [1.54, 1.807) is 17.7 Å². The molecule has 3 fully saturated rings. The fourth-order valence-corrected chi connectivity index (χ4v) is 7.01. The van der Waals surface area contributed by atoms with Gasteiger partial charge in [0.15, 0.2) is 5.79 Å². The third-order valence-corrected chi connectivity index (χ3v) is 8.51. The van der Waals surface area contributed by atoms with Crippen LogP contribution in [0.2, 0.25) is 0 Å². The van der Waals surface area contributed by atoms with Gasteiger partial charge in [0.1, 0.15) is 28.7 Å². The van der Waals surface area contributed by atoms with Gasteiger partial charge in [-0.1, -0.05) is 0 Å². The van der Waals surface area contributed by atoms with Crippen LogP contribution in [0.1, 0.15) is 59.9 Å². The highest BCUT2D eigenvalue weighted by atomic mass is 32.1. The Kier molecular flexibility index (Phi) is 6.04. The summed E-state index contributed by atoms with van der Waals surface area (Å²) < 4.78 is 21.0. The lowest BCUT2D eigenvalue weighted by atomic mass is 9.83. The van der Waals surface area contributed by atoms with Crippen molar-refractivity contribution in [2.75, 3.05) is 13.1 Å². The van der Waals surface area contributed by atoms with Crippen LogP contribution in [0, 0.1) is 11.8 Å². The Labute approximate surface area is 221 Å². The van der Waals surface area contributed by atoms with Gasteiger partial charge in [-0.2, -0.15) is 0 Å². The molecule has 1 unspecified atom stereocenters. The molecule has 6 rings (SSSR count). The first-order chi connectivity index (χ1) is 17.6. The molecule has 10 heteroatoms. The first kappa shape index (κ1) is 24.8. The summed E-state index contributed by atoms with van der Waals surface area (Å²) >= 11 is 1.61. The second-order valence-electron chi connectivity index (χ2n) is 11.9. The zero-order valence-corrected chi connectivity index (χ0v) is 22.9. The van der Waals surface area contributed by atoms with E-state index < -0.39 is 11.4 Å². The smallest absolute Gasteiger partial charge is 0.410 e. The average Bonchev–Trinajstić information content (AvgIpc) is 3.60. The summed E-state index contributed by atoms with van der Waals surface area (Å²) in [5.41, 5.74) is 1.42. The maximum atomic E-state index is 12.9. The number of carbonyl (C=O) groups is 1. The Morgan fingerprint density at radius 3 is 2.78 bits per heavy atom. The van der Waals surface area contributed by atoms with Crippen LogP contribution in [0.3, 0.4) is 0 Å². The number of fused-ring (bicyclic) bond motifs is 2. The number of hydrogen-bond donors (Lipinski definition) is 0. The Hall–Kier alpha value is -2.56. The molecule has 198 valence electrons. The summed E-state index contributed by atoms with van der Waals surface area (Å²) in [4.78, 5) is 28.3. The summed E-state index contributed by atoms with van der Waals surface area (Å²) in [6.07, 6.45) is 9.98. The number of thiazole rings is 1. The highest BCUT2D eigenvalue weighted by Crippen LogP contribution is 2.51. The second-order valence-corrected chi connectivity index (χ2v) is 12.8. The lowest BCUT2D eigenvalue weighted by molar-refractivity contribution is -0.163. The van der Waals surface area contributed by atoms with Gasteiger partial charge in [-0.25, -0.2) is 19.7 Å². The number of nitrogens with zero attached hydrogens (tertiary/aromatic N) is 5. The van der Waals surface area contributed by atoms with Gasteiger partial charge in [-0.15, -0.1) is 11.3 Å². The molecular formula is C27H35N5O4S. The number of rotatable bonds is 3. The highest BCUT2D eigenvalue weighted by Gasteiger charge is 2.57. The van der Waals surface area contributed by atoms with Crippen molar-refractivity contribution in [1.29, 1.82) is 0 Å². The van der Waals surface area contributed by atoms with Crippen LogP contribution in [0.25, 0.3) is 21.6 Å². The highest BCUT2D eigenvalue weighted by molar-refractivity contribution is 7.13. The monoisotopic (exact) mass is 525 g/mol. The van der Waals surface area contributed by atoms with Gasteiger partial charge >= 0.3 is 6.09 Å². The molecule has 0 spiro atoms. The summed E-state index contributed by atoms with van der Waals surface area (Å²) in [6, 6.07) is 0.0554. The molecule has 5 heterocycles. The quantitative estimate of drug-likeness (QED) is 0.459. The molecule has 3 aromatic rings. The standard InChI is InChI=1S/C27H35N5O4S/c1-26(2,3)36-25(33)31-9-6-7-16(13-31)17-11-20(22-21(17)34-27(4,5)35-22)32-14-19(24-29-8-10-37-24)18-12-28-15-30-23(18)32/h8,10,12,14-17,20-22H,6-7,9,11,13H2,1-5H3/t16?,17-,20-,21-,22+/m1/s1. The van der Waals surface area contributed by atoms with Crippen molar-refractivity contribution in [3.63, 3.8) is 0 Å². The normalized spacial score (nSPS) is 29.5. The zero-order valence-electron chi connectivity index (χ0n) is 22.1. The second kappa shape index (κ2) is 9.03. The van der Waals surface area contributed by atoms with E-state index in [-0.39, 0.29) is 30.3 Å². The van der Waals surface area contributed by atoms with Crippen LogP contribution in [0.5, 0.6) is 0 Å². The largest absolute Gasteiger partial charge is 0.444 e. The molecule has 2 saturated heterocycles. The van der Waals surface area contributed by atoms with Gasteiger partial charge in [-0.05, 0) is 65.7 Å². The molecule has 5 atom stereocenters. The van der Waals surface area contributed by atoms with Gasteiger partial charge in [0.05, 0.1) is 12.1 Å². The molecule has 2 aliphatic heterocycles. The SMILES string of the molecule is CC(C)(C)OC(=O)N1CCCC([C@H]2C[C@@H](n3cc(-c4nccs4)c4cncnc43)[C@@H]3OC(C)(C)O[C@@H]32)C1. The Morgan fingerprint density at radius 1 is 1.22 bits per heavy atom. The van der Waals surface area contributed by atoms with E-state index in [9.17, 15) is 4.79 Å². The summed E-state index contributed by atoms with van der Waals surface area (Å²) in [5, 5.41) is 3.93. The minimum absolute atomic E-state index is 0.0498. The Morgan fingerprint density at radius 2 is 2.03 bits per heavy atom. The van der Waals surface area contributed by atoms with Crippen LogP contribution in [-0.2, 0) is 14.2 Å². The van der Waals surface area contributed by atoms with E-state index in [2.05, 4.69) is 25.7 Å². The van der Waals surface area contributed by atoms with Crippen LogP contribution < -0.4 is 0 Å². The minimum atomic E-state index is -0.665. The molecule has 1 saturated carbocycles. The van der Waals surface area contributed by atoms with E-state index in [1.807, 2.05) is 57.3 Å². The van der Waals surface area contributed by atoms with E-state index in [0.717, 1.165) is 47.4 Å². The van der Waals surface area contributed by atoms with E-state index in [1.165, 1.54) is 0 Å². The van der Waals surface area contributed by atoms with Gasteiger partial charge < -0.3 is 23.7 Å². The maximum Gasteiger partial charge on any atom is 0.410 e. The van der Waals surface area contributed by atoms with Crippen LogP contribution in [0.4, 0.5) is 4.79 Å². The third kappa shape index (κ3) is 4.64. The third-order valence-electron chi connectivity index (χ3n) is 7.71. The zero-order chi connectivity index (χ0) is 25.9. The molecule has 3 aromatic heterocycles. The van der Waals surface area contributed by atoms with Gasteiger partial charge in [0.25, 0.3) is 0 Å². The molecule has 0 bridgehead atoms. The number of piperidine rings is 1. The number of amides is 1. The van der Waals surface area contributed by atoms with Crippen LogP contribution in [-0.4, -0.2) is 67.2 Å². The Balaban J connectivity index is 1.32. The maximum absolute atomic E-state index is 12.9. The molecule has 1 aliphatic carbocycles. The average molecular weight is 526 g/mol. The van der Waals surface area contributed by atoms with Crippen LogP contribution >= 0.6 is 11.3 Å². The van der Waals surface area contributed by atoms with Gasteiger partial charge in [-0.3, -0.25) is 0 Å². The fraction of sp³-hybridized carbons (Fsp3) is 0.630. The molecule has 0 aromatic carbocycles. The van der Waals surface area contributed by atoms with E-state index in [4.69, 9.17) is 14.2 Å². The molecular weight excluding hydrogens is 490 g/mol. The minimum Gasteiger partial charge on any atom is -0.444 e. The predicted octanol–water partition coefficient (Wildman–Crippen LogP) is 5.28. The number of likely N-dealkylation sites (tertiary alicyclic amines) is 1. The van der Waals surface area contributed by atoms with Crippen LogP contribution in [0.15, 0.2) is 30.3 Å². The lowest BCUT2D eigenvalue weighted by Crippen LogP contribution is -2.46. The van der Waals surface area contributed by atoms with Crippen molar-refractivity contribution in [2.24, 2.45) is 11.8 Å².